The van der Waals surface area contributed by atoms with Gasteiger partial charge in [0.1, 0.15) is 6.04 Å². The fraction of sp³-hybridized carbons (Fsp3) is 0.875. The van der Waals surface area contributed by atoms with Crippen molar-refractivity contribution in [3.05, 3.63) is 0 Å². The van der Waals surface area contributed by atoms with E-state index in [1.54, 1.807) is 0 Å². The second-order valence-corrected chi connectivity index (χ2v) is 5.65. The average Bonchev–Trinajstić information content (AvgIpc) is 2.82. The molecule has 1 heterocycles. The lowest BCUT2D eigenvalue weighted by atomic mass is 10.1. The lowest BCUT2D eigenvalue weighted by Crippen LogP contribution is -2.37. The average molecular weight is 283 g/mol. The number of hydrogen-bond donors (Lipinski definition) is 1. The van der Waals surface area contributed by atoms with Crippen molar-refractivity contribution in [1.29, 1.82) is 0 Å². The number of rotatable bonds is 11. The minimum absolute atomic E-state index is 0.0169. The Labute approximate surface area is 122 Å². The molecule has 0 aromatic heterocycles. The maximum Gasteiger partial charge on any atom is 0.328 e. The number of ether oxygens (including phenoxy) is 1. The standard InChI is InChI=1S/C16H29NO3/c1-2-3-4-5-6-7-8-9-10-11-15(18)17-14-12-13-20-16(14)19/h14H,2-13H2,1H3,(H,17,18). The van der Waals surface area contributed by atoms with E-state index in [-0.39, 0.29) is 11.9 Å². The van der Waals surface area contributed by atoms with Crippen LogP contribution in [0, 0.1) is 0 Å². The van der Waals surface area contributed by atoms with Gasteiger partial charge >= 0.3 is 5.97 Å². The molecule has 1 amide bonds. The van der Waals surface area contributed by atoms with Crippen molar-refractivity contribution in [2.75, 3.05) is 6.61 Å². The van der Waals surface area contributed by atoms with E-state index in [4.69, 9.17) is 4.74 Å². The highest BCUT2D eigenvalue weighted by Crippen LogP contribution is 2.11. The molecule has 116 valence electrons. The smallest absolute Gasteiger partial charge is 0.328 e. The Kier molecular flexibility index (Phi) is 9.09. The van der Waals surface area contributed by atoms with Gasteiger partial charge in [-0.2, -0.15) is 0 Å². The topological polar surface area (TPSA) is 55.4 Å². The van der Waals surface area contributed by atoms with E-state index < -0.39 is 6.04 Å². The van der Waals surface area contributed by atoms with E-state index in [2.05, 4.69) is 12.2 Å². The first-order valence-corrected chi connectivity index (χ1v) is 8.20. The van der Waals surface area contributed by atoms with Gasteiger partial charge in [0, 0.05) is 12.8 Å². The van der Waals surface area contributed by atoms with Crippen LogP contribution < -0.4 is 5.32 Å². The number of unbranched alkanes of at least 4 members (excludes halogenated alkanes) is 8. The third-order valence-electron chi connectivity index (χ3n) is 3.78. The normalized spacial score (nSPS) is 18.1. The first-order valence-electron chi connectivity index (χ1n) is 8.20. The molecule has 0 aromatic rings. The SMILES string of the molecule is CCCCCCCCCCCC(=O)NC1CCOC1=O. The van der Waals surface area contributed by atoms with Crippen molar-refractivity contribution in [3.8, 4) is 0 Å². The first-order chi connectivity index (χ1) is 9.74. The van der Waals surface area contributed by atoms with Crippen LogP contribution in [0.3, 0.4) is 0 Å². The van der Waals surface area contributed by atoms with Crippen molar-refractivity contribution in [2.24, 2.45) is 0 Å². The summed E-state index contributed by atoms with van der Waals surface area (Å²) in [4.78, 5) is 22.8. The second kappa shape index (κ2) is 10.7. The highest BCUT2D eigenvalue weighted by molar-refractivity contribution is 5.85. The first kappa shape index (κ1) is 17.0. The Morgan fingerprint density at radius 3 is 2.25 bits per heavy atom. The van der Waals surface area contributed by atoms with E-state index in [9.17, 15) is 9.59 Å². The van der Waals surface area contributed by atoms with Crippen molar-refractivity contribution >= 4 is 11.9 Å². The fourth-order valence-corrected chi connectivity index (χ4v) is 2.49. The number of cyclic esters (lactones) is 1. The van der Waals surface area contributed by atoms with Gasteiger partial charge in [-0.1, -0.05) is 58.3 Å². The van der Waals surface area contributed by atoms with Crippen LogP contribution in [0.5, 0.6) is 0 Å². The van der Waals surface area contributed by atoms with Crippen LogP contribution in [0.25, 0.3) is 0 Å². The fourth-order valence-electron chi connectivity index (χ4n) is 2.49. The van der Waals surface area contributed by atoms with E-state index in [1.165, 1.54) is 44.9 Å². The molecule has 0 aliphatic carbocycles. The molecule has 1 unspecified atom stereocenters. The van der Waals surface area contributed by atoms with Gasteiger partial charge in [-0.15, -0.1) is 0 Å². The zero-order valence-electron chi connectivity index (χ0n) is 12.8. The van der Waals surface area contributed by atoms with Crippen LogP contribution in [0.15, 0.2) is 0 Å². The van der Waals surface area contributed by atoms with Crippen LogP contribution >= 0.6 is 0 Å². The van der Waals surface area contributed by atoms with E-state index in [0.29, 0.717) is 19.4 Å². The molecule has 1 saturated heterocycles. The zero-order valence-corrected chi connectivity index (χ0v) is 12.8. The summed E-state index contributed by atoms with van der Waals surface area (Å²) in [5, 5.41) is 2.74. The Bertz CT molecular complexity index is 291. The maximum absolute atomic E-state index is 11.6. The lowest BCUT2D eigenvalue weighted by molar-refractivity contribution is -0.141. The van der Waals surface area contributed by atoms with Crippen molar-refractivity contribution < 1.29 is 14.3 Å². The third-order valence-corrected chi connectivity index (χ3v) is 3.78. The highest BCUT2D eigenvalue weighted by Gasteiger charge is 2.27. The molecule has 0 saturated carbocycles. The van der Waals surface area contributed by atoms with Gasteiger partial charge in [-0.25, -0.2) is 4.79 Å². The molecule has 1 atom stereocenters. The van der Waals surface area contributed by atoms with Crippen molar-refractivity contribution in [1.82, 2.24) is 5.32 Å². The quantitative estimate of drug-likeness (QED) is 0.467. The molecule has 0 bridgehead atoms. The highest BCUT2D eigenvalue weighted by atomic mass is 16.5. The Morgan fingerprint density at radius 1 is 1.10 bits per heavy atom. The number of carbonyl (C=O) groups is 2. The summed E-state index contributed by atoms with van der Waals surface area (Å²) in [6.45, 7) is 2.66. The van der Waals surface area contributed by atoms with Crippen LogP contribution in [0.1, 0.15) is 77.6 Å². The lowest BCUT2D eigenvalue weighted by Gasteiger charge is -2.08. The Hall–Kier alpha value is -1.06. The molecule has 4 heteroatoms. The number of esters is 1. The molecule has 0 radical (unpaired) electrons. The summed E-state index contributed by atoms with van der Waals surface area (Å²) in [6.07, 6.45) is 12.3. The summed E-state index contributed by atoms with van der Waals surface area (Å²) in [6, 6.07) is -0.402. The summed E-state index contributed by atoms with van der Waals surface area (Å²) in [5.74, 6) is -0.303. The molecule has 0 aromatic carbocycles. The number of hydrogen-bond acceptors (Lipinski definition) is 3. The van der Waals surface area contributed by atoms with Crippen LogP contribution in [-0.2, 0) is 14.3 Å². The largest absolute Gasteiger partial charge is 0.464 e. The van der Waals surface area contributed by atoms with Gasteiger partial charge in [0.05, 0.1) is 6.61 Å². The minimum Gasteiger partial charge on any atom is -0.464 e. The number of amides is 1. The monoisotopic (exact) mass is 283 g/mol. The molecule has 0 spiro atoms. The molecule has 20 heavy (non-hydrogen) atoms. The molecule has 1 fully saturated rings. The van der Waals surface area contributed by atoms with Crippen molar-refractivity contribution in [2.45, 2.75) is 83.6 Å². The maximum atomic E-state index is 11.6. The molecule has 4 nitrogen and oxygen atoms in total. The summed E-state index contributed by atoms with van der Waals surface area (Å²) >= 11 is 0. The molecule has 1 rings (SSSR count). The predicted molar refractivity (Wildman–Crippen MR) is 79.4 cm³/mol. The predicted octanol–water partition coefficient (Wildman–Crippen LogP) is 3.34. The Balaban J connectivity index is 1.88. The zero-order chi connectivity index (χ0) is 14.6. The summed E-state index contributed by atoms with van der Waals surface area (Å²) in [7, 11) is 0. The summed E-state index contributed by atoms with van der Waals surface area (Å²) < 4.78 is 4.81. The van der Waals surface area contributed by atoms with Gasteiger partial charge in [0.25, 0.3) is 0 Å². The minimum atomic E-state index is -0.402. The molecule has 1 aliphatic heterocycles. The number of nitrogens with one attached hydrogen (secondary N) is 1. The second-order valence-electron chi connectivity index (χ2n) is 5.65. The van der Waals surface area contributed by atoms with Crippen LogP contribution in [0.4, 0.5) is 0 Å². The van der Waals surface area contributed by atoms with Gasteiger partial charge in [-0.3, -0.25) is 4.79 Å². The van der Waals surface area contributed by atoms with Gasteiger partial charge in [0.15, 0.2) is 0 Å². The molecule has 1 aliphatic rings. The van der Waals surface area contributed by atoms with Gasteiger partial charge in [-0.05, 0) is 6.42 Å². The van der Waals surface area contributed by atoms with Crippen LogP contribution in [0.2, 0.25) is 0 Å². The Morgan fingerprint density at radius 2 is 1.70 bits per heavy atom. The summed E-state index contributed by atoms with van der Waals surface area (Å²) in [5.41, 5.74) is 0. The van der Waals surface area contributed by atoms with E-state index in [0.717, 1.165) is 12.8 Å². The van der Waals surface area contributed by atoms with E-state index >= 15 is 0 Å². The third kappa shape index (κ3) is 7.51. The van der Waals surface area contributed by atoms with Crippen molar-refractivity contribution in [3.63, 3.8) is 0 Å². The molecular formula is C16H29NO3. The van der Waals surface area contributed by atoms with Gasteiger partial charge < -0.3 is 10.1 Å². The number of carbonyl (C=O) groups excluding carboxylic acids is 2. The van der Waals surface area contributed by atoms with E-state index in [1.807, 2.05) is 0 Å². The molecular weight excluding hydrogens is 254 g/mol. The van der Waals surface area contributed by atoms with Crippen LogP contribution in [-0.4, -0.2) is 24.5 Å². The molecule has 1 N–H and O–H groups in total. The van der Waals surface area contributed by atoms with Gasteiger partial charge in [0.2, 0.25) is 5.91 Å².